The van der Waals surface area contributed by atoms with E-state index in [1.165, 1.54) is 11.3 Å². The molecular formula is C25H18F3N9OS. The zero-order valence-electron chi connectivity index (χ0n) is 20.2. The maximum atomic E-state index is 13.1. The highest BCUT2D eigenvalue weighted by atomic mass is 32.1. The van der Waals surface area contributed by atoms with E-state index in [-0.39, 0.29) is 11.3 Å². The van der Waals surface area contributed by atoms with Gasteiger partial charge in [-0.05, 0) is 48.4 Å². The zero-order chi connectivity index (χ0) is 27.1. The van der Waals surface area contributed by atoms with Gasteiger partial charge in [0.05, 0.1) is 5.56 Å². The van der Waals surface area contributed by atoms with E-state index in [1.807, 2.05) is 23.6 Å². The predicted octanol–water partition coefficient (Wildman–Crippen LogP) is 4.53. The number of amides is 1. The molecule has 3 aliphatic rings. The fourth-order valence-electron chi connectivity index (χ4n) is 4.34. The molecule has 2 aromatic heterocycles. The number of hydrogen-bond donors (Lipinski definition) is 2. The zero-order valence-corrected chi connectivity index (χ0v) is 21.0. The van der Waals surface area contributed by atoms with Crippen molar-refractivity contribution in [3.05, 3.63) is 76.7 Å². The standard InChI is InChI=1S/C25H18F3N9OS/c1-13-2-3-16(33-22(38)19-9-15(4-5-29-19)25(26,27)28)10-17(13)18-8-14-11-31-23(35-24-36-32-12-39-24)34-20(14)37-7-6-30-21(18)37/h2-5,8-12,30H,6-7H2,1H3,(H,33,38)/b35-23+. The number of nitrogens with zero attached hydrogens (tertiary/aromatic N) is 7. The first-order valence-corrected chi connectivity index (χ1v) is 12.6. The summed E-state index contributed by atoms with van der Waals surface area (Å²) in [6.45, 7) is 3.30. The van der Waals surface area contributed by atoms with Crippen LogP contribution >= 0.6 is 11.3 Å². The molecule has 39 heavy (non-hydrogen) atoms. The van der Waals surface area contributed by atoms with Gasteiger partial charge in [0.15, 0.2) is 0 Å². The highest BCUT2D eigenvalue weighted by Gasteiger charge is 2.31. The van der Waals surface area contributed by atoms with Crippen LogP contribution in [-0.2, 0) is 12.7 Å². The number of rotatable bonds is 4. The second-order valence-corrected chi connectivity index (χ2v) is 9.49. The number of nitrogens with one attached hydrogen (secondary N) is 2. The summed E-state index contributed by atoms with van der Waals surface area (Å²) in [4.78, 5) is 29.9. The van der Waals surface area contributed by atoms with Crippen LogP contribution < -0.4 is 16.3 Å². The quantitative estimate of drug-likeness (QED) is 0.338. The van der Waals surface area contributed by atoms with Crippen molar-refractivity contribution in [2.24, 2.45) is 4.99 Å². The molecule has 0 aliphatic carbocycles. The van der Waals surface area contributed by atoms with Crippen LogP contribution in [0.15, 0.2) is 59.3 Å². The number of benzene rings is 1. The van der Waals surface area contributed by atoms with Gasteiger partial charge in [-0.2, -0.15) is 23.1 Å². The highest BCUT2D eigenvalue weighted by Crippen LogP contribution is 2.39. The molecule has 6 rings (SSSR count). The molecule has 0 bridgehead atoms. The first-order chi connectivity index (χ1) is 18.8. The second kappa shape index (κ2) is 9.54. The van der Waals surface area contributed by atoms with Crippen molar-refractivity contribution < 1.29 is 18.0 Å². The minimum absolute atomic E-state index is 0.276. The van der Waals surface area contributed by atoms with Gasteiger partial charge in [0.1, 0.15) is 22.8 Å². The van der Waals surface area contributed by atoms with Gasteiger partial charge >= 0.3 is 6.18 Å². The largest absolute Gasteiger partial charge is 0.416 e. The van der Waals surface area contributed by atoms with E-state index in [1.54, 1.807) is 23.8 Å². The van der Waals surface area contributed by atoms with Gasteiger partial charge in [-0.25, -0.2) is 4.98 Å². The number of alkyl halides is 3. The number of aromatic nitrogens is 6. The maximum absolute atomic E-state index is 13.1. The summed E-state index contributed by atoms with van der Waals surface area (Å²) in [5.41, 5.74) is 4.41. The van der Waals surface area contributed by atoms with E-state index >= 15 is 0 Å². The number of fused-ring (bicyclic) bond motifs is 3. The van der Waals surface area contributed by atoms with Crippen LogP contribution in [0.1, 0.15) is 21.6 Å². The Morgan fingerprint density at radius 3 is 2.82 bits per heavy atom. The Bertz CT molecular complexity index is 1750. The third-order valence-electron chi connectivity index (χ3n) is 6.14. The van der Waals surface area contributed by atoms with Crippen molar-refractivity contribution in [1.82, 2.24) is 29.7 Å². The monoisotopic (exact) mass is 549 g/mol. The van der Waals surface area contributed by atoms with E-state index in [9.17, 15) is 18.0 Å². The van der Waals surface area contributed by atoms with E-state index in [4.69, 9.17) is 0 Å². The lowest BCUT2D eigenvalue weighted by atomic mass is 9.98. The molecule has 2 N–H and O–H groups in total. The lowest BCUT2D eigenvalue weighted by molar-refractivity contribution is -0.137. The molecule has 0 radical (unpaired) electrons. The van der Waals surface area contributed by atoms with Crippen molar-refractivity contribution in [2.45, 2.75) is 19.6 Å². The molecule has 10 nitrogen and oxygen atoms in total. The van der Waals surface area contributed by atoms with Gasteiger partial charge in [-0.15, -0.1) is 10.2 Å². The van der Waals surface area contributed by atoms with Crippen LogP contribution in [0.5, 0.6) is 0 Å². The van der Waals surface area contributed by atoms with Crippen LogP contribution in [-0.4, -0.2) is 42.2 Å². The smallest absolute Gasteiger partial charge is 0.369 e. The molecule has 0 unspecified atom stereocenters. The summed E-state index contributed by atoms with van der Waals surface area (Å²) in [6, 6.07) is 8.81. The number of aryl methyl sites for hydroxylation is 1. The molecule has 3 aliphatic heterocycles. The molecule has 1 aromatic carbocycles. The van der Waals surface area contributed by atoms with Gasteiger partial charge < -0.3 is 15.2 Å². The molecule has 3 aromatic rings. The molecule has 5 heterocycles. The van der Waals surface area contributed by atoms with E-state index in [0.29, 0.717) is 29.7 Å². The minimum atomic E-state index is -4.58. The van der Waals surface area contributed by atoms with Crippen LogP contribution in [0.25, 0.3) is 22.5 Å². The fourth-order valence-corrected chi connectivity index (χ4v) is 4.75. The van der Waals surface area contributed by atoms with E-state index in [0.717, 1.165) is 46.4 Å². The molecule has 0 spiro atoms. The van der Waals surface area contributed by atoms with Crippen LogP contribution in [0, 0.1) is 6.92 Å². The summed E-state index contributed by atoms with van der Waals surface area (Å²) in [5.74, 6) is 0.802. The molecule has 14 heteroatoms. The topological polar surface area (TPSA) is 123 Å². The third kappa shape index (κ3) is 4.81. The average Bonchev–Trinajstić information content (AvgIpc) is 3.62. The Hall–Kier alpha value is -4.72. The summed E-state index contributed by atoms with van der Waals surface area (Å²) in [5, 5.41) is 14.2. The lowest BCUT2D eigenvalue weighted by Gasteiger charge is -2.19. The number of anilines is 2. The van der Waals surface area contributed by atoms with Gasteiger partial charge in [0.2, 0.25) is 5.13 Å². The predicted molar refractivity (Wildman–Crippen MR) is 138 cm³/mol. The molecule has 0 saturated heterocycles. The number of halogens is 3. The number of hydrogen-bond acceptors (Lipinski definition) is 9. The summed E-state index contributed by atoms with van der Waals surface area (Å²) < 4.78 is 41.3. The first-order valence-electron chi connectivity index (χ1n) is 11.7. The second-order valence-electron chi connectivity index (χ2n) is 8.68. The van der Waals surface area contributed by atoms with Crippen molar-refractivity contribution in [3.63, 3.8) is 0 Å². The van der Waals surface area contributed by atoms with Gasteiger partial charge in [-0.1, -0.05) is 17.4 Å². The summed E-state index contributed by atoms with van der Waals surface area (Å²) in [6.07, 6.45) is -1.92. The molecule has 0 saturated carbocycles. The lowest BCUT2D eigenvalue weighted by Crippen LogP contribution is -2.17. The van der Waals surface area contributed by atoms with Gasteiger partial charge in [0.25, 0.3) is 11.5 Å². The van der Waals surface area contributed by atoms with E-state index in [2.05, 4.69) is 40.8 Å². The van der Waals surface area contributed by atoms with Crippen molar-refractivity contribution in [3.8, 4) is 22.5 Å². The summed E-state index contributed by atoms with van der Waals surface area (Å²) >= 11 is 1.28. The van der Waals surface area contributed by atoms with E-state index < -0.39 is 17.6 Å². The Morgan fingerprint density at radius 1 is 1.15 bits per heavy atom. The Balaban J connectivity index is 1.38. The first kappa shape index (κ1) is 24.6. The molecule has 0 atom stereocenters. The molecule has 0 fully saturated rings. The van der Waals surface area contributed by atoms with Crippen LogP contribution in [0.3, 0.4) is 0 Å². The van der Waals surface area contributed by atoms with Crippen molar-refractivity contribution in [1.29, 1.82) is 0 Å². The average molecular weight is 550 g/mol. The number of carbonyl (C=O) groups is 1. The molecular weight excluding hydrogens is 531 g/mol. The number of carbonyl (C=O) groups excluding carboxylic acids is 1. The fraction of sp³-hybridized carbons (Fsp3) is 0.160. The highest BCUT2D eigenvalue weighted by molar-refractivity contribution is 7.13. The SMILES string of the molecule is Cc1ccc(NC(=O)c2cc(C(F)(F)F)ccn2)cc1-c1cc2cn/c(=N\c3nncs3)nc-2n2c1NCC2. The number of pyridine rings is 2. The Morgan fingerprint density at radius 2 is 2.03 bits per heavy atom. The van der Waals surface area contributed by atoms with Crippen molar-refractivity contribution >= 4 is 33.9 Å². The summed E-state index contributed by atoms with van der Waals surface area (Å²) in [7, 11) is 0. The van der Waals surface area contributed by atoms with Crippen molar-refractivity contribution in [2.75, 3.05) is 17.2 Å². The Kier molecular flexibility index (Phi) is 6.02. The van der Waals surface area contributed by atoms with Crippen LogP contribution in [0.4, 0.5) is 29.8 Å². The maximum Gasteiger partial charge on any atom is 0.416 e. The van der Waals surface area contributed by atoms with Gasteiger partial charge in [-0.3, -0.25) is 9.78 Å². The van der Waals surface area contributed by atoms with Crippen LogP contribution in [0.2, 0.25) is 0 Å². The minimum Gasteiger partial charge on any atom is -0.369 e. The van der Waals surface area contributed by atoms with Gasteiger partial charge in [0, 0.05) is 42.3 Å². The molecule has 196 valence electrons. The normalized spacial score (nSPS) is 13.4. The Labute approximate surface area is 222 Å². The third-order valence-corrected chi connectivity index (χ3v) is 6.72. The molecule has 1 amide bonds.